The first-order chi connectivity index (χ1) is 14.4. The Morgan fingerprint density at radius 1 is 1.17 bits per heavy atom. The van der Waals surface area contributed by atoms with Gasteiger partial charge in [0.05, 0.1) is 11.4 Å². The standard InChI is InChI=1S/C21H26N6O3/c1-13-11-19(30-21(22)29)16-12-15(3-5-18(16)27(13)14(2)28)17-4-6-20(25-24-17)26-9-7-23-8-10-26/h3-6,12-13,19,23H,7-11H2,1-2H3,(H2,22,29)/t13-,19+/m1/s1. The van der Waals surface area contributed by atoms with Gasteiger partial charge < -0.3 is 25.6 Å². The van der Waals surface area contributed by atoms with E-state index in [4.69, 9.17) is 10.5 Å². The first-order valence-corrected chi connectivity index (χ1v) is 10.1. The molecule has 3 N–H and O–H groups in total. The van der Waals surface area contributed by atoms with Gasteiger partial charge in [-0.3, -0.25) is 4.79 Å². The van der Waals surface area contributed by atoms with E-state index in [0.717, 1.165) is 48.8 Å². The zero-order valence-corrected chi connectivity index (χ0v) is 17.2. The number of amides is 2. The number of fused-ring (bicyclic) bond motifs is 1. The molecule has 2 aliphatic rings. The monoisotopic (exact) mass is 410 g/mol. The van der Waals surface area contributed by atoms with Gasteiger partial charge >= 0.3 is 6.09 Å². The van der Waals surface area contributed by atoms with Gasteiger partial charge in [-0.2, -0.15) is 0 Å². The predicted octanol–water partition coefficient (Wildman–Crippen LogP) is 1.83. The Morgan fingerprint density at radius 3 is 2.57 bits per heavy atom. The first kappa shape index (κ1) is 20.1. The van der Waals surface area contributed by atoms with E-state index in [1.165, 1.54) is 6.92 Å². The van der Waals surface area contributed by atoms with E-state index in [-0.39, 0.29) is 11.9 Å². The summed E-state index contributed by atoms with van der Waals surface area (Å²) in [6.07, 6.45) is -0.872. The normalized spacial score (nSPS) is 21.1. The number of hydrogen-bond donors (Lipinski definition) is 2. The predicted molar refractivity (Wildman–Crippen MR) is 113 cm³/mol. The summed E-state index contributed by atoms with van der Waals surface area (Å²) < 4.78 is 5.36. The Balaban J connectivity index is 1.67. The largest absolute Gasteiger partial charge is 0.441 e. The molecule has 2 aromatic rings. The number of nitrogens with one attached hydrogen (secondary N) is 1. The smallest absolute Gasteiger partial charge is 0.405 e. The number of anilines is 2. The molecule has 0 unspecified atom stereocenters. The number of carbonyl (C=O) groups excluding carboxylic acids is 2. The van der Waals surface area contributed by atoms with Crippen molar-refractivity contribution in [3.05, 3.63) is 35.9 Å². The van der Waals surface area contributed by atoms with Crippen molar-refractivity contribution in [2.24, 2.45) is 5.73 Å². The zero-order valence-electron chi connectivity index (χ0n) is 17.2. The molecule has 0 aliphatic carbocycles. The van der Waals surface area contributed by atoms with E-state index in [9.17, 15) is 9.59 Å². The maximum absolute atomic E-state index is 12.2. The van der Waals surface area contributed by atoms with Crippen LogP contribution in [0.1, 0.15) is 31.9 Å². The molecule has 1 saturated heterocycles. The Kier molecular flexibility index (Phi) is 5.54. The lowest BCUT2D eigenvalue weighted by Crippen LogP contribution is -2.43. The molecule has 1 aromatic heterocycles. The van der Waals surface area contributed by atoms with E-state index in [1.54, 1.807) is 4.90 Å². The maximum atomic E-state index is 12.2. The van der Waals surface area contributed by atoms with Gasteiger partial charge in [-0.25, -0.2) is 4.79 Å². The van der Waals surface area contributed by atoms with Crippen LogP contribution in [0.15, 0.2) is 30.3 Å². The summed E-state index contributed by atoms with van der Waals surface area (Å²) in [5.74, 6) is 0.791. The number of rotatable bonds is 3. The van der Waals surface area contributed by atoms with Gasteiger partial charge in [-0.05, 0) is 31.2 Å². The summed E-state index contributed by atoms with van der Waals surface area (Å²) in [6.45, 7) is 7.12. The fraction of sp³-hybridized carbons (Fsp3) is 0.429. The van der Waals surface area contributed by atoms with Gasteiger partial charge in [0.1, 0.15) is 6.10 Å². The van der Waals surface area contributed by atoms with Crippen LogP contribution < -0.4 is 20.9 Å². The van der Waals surface area contributed by atoms with Crippen LogP contribution in [0.3, 0.4) is 0 Å². The van der Waals surface area contributed by atoms with E-state index in [2.05, 4.69) is 20.4 Å². The van der Waals surface area contributed by atoms with Crippen molar-refractivity contribution in [1.82, 2.24) is 15.5 Å². The highest BCUT2D eigenvalue weighted by Gasteiger charge is 2.34. The van der Waals surface area contributed by atoms with Gasteiger partial charge in [-0.1, -0.05) is 6.07 Å². The summed E-state index contributed by atoms with van der Waals surface area (Å²) in [7, 11) is 0. The molecule has 4 rings (SSSR count). The molecule has 2 aliphatic heterocycles. The Bertz CT molecular complexity index is 942. The molecule has 3 heterocycles. The molecular weight excluding hydrogens is 384 g/mol. The van der Waals surface area contributed by atoms with Crippen LogP contribution in [-0.2, 0) is 9.53 Å². The Labute approximate surface area is 175 Å². The number of nitrogens with zero attached hydrogens (tertiary/aromatic N) is 4. The van der Waals surface area contributed by atoms with Crippen molar-refractivity contribution >= 4 is 23.5 Å². The Hall–Kier alpha value is -3.20. The van der Waals surface area contributed by atoms with Gasteiger partial charge in [-0.15, -0.1) is 10.2 Å². The molecule has 158 valence electrons. The summed E-state index contributed by atoms with van der Waals surface area (Å²) in [5.41, 5.74) is 8.30. The third kappa shape index (κ3) is 3.93. The van der Waals surface area contributed by atoms with E-state index in [1.807, 2.05) is 37.3 Å². The lowest BCUT2D eigenvalue weighted by molar-refractivity contribution is -0.117. The zero-order chi connectivity index (χ0) is 21.3. The molecule has 1 aromatic carbocycles. The summed E-state index contributed by atoms with van der Waals surface area (Å²) in [4.78, 5) is 27.6. The number of nitrogens with two attached hydrogens (primary N) is 1. The van der Waals surface area contributed by atoms with Crippen LogP contribution in [0.2, 0.25) is 0 Å². The second-order valence-corrected chi connectivity index (χ2v) is 7.69. The van der Waals surface area contributed by atoms with Crippen molar-refractivity contribution in [2.75, 3.05) is 36.0 Å². The van der Waals surface area contributed by atoms with Crippen LogP contribution in [0.25, 0.3) is 11.3 Å². The van der Waals surface area contributed by atoms with Gasteiger partial charge in [0.25, 0.3) is 0 Å². The molecule has 0 bridgehead atoms. The highest BCUT2D eigenvalue weighted by atomic mass is 16.6. The molecule has 30 heavy (non-hydrogen) atoms. The van der Waals surface area contributed by atoms with Crippen LogP contribution in [0.5, 0.6) is 0 Å². The SMILES string of the molecule is CC(=O)N1c2ccc(-c3ccc(N4CCNCC4)nn3)cc2[C@@H](OC(N)=O)C[C@H]1C. The molecule has 0 radical (unpaired) electrons. The van der Waals surface area contributed by atoms with Crippen molar-refractivity contribution in [3.8, 4) is 11.3 Å². The molecule has 2 atom stereocenters. The van der Waals surface area contributed by atoms with Crippen molar-refractivity contribution in [1.29, 1.82) is 0 Å². The summed E-state index contributed by atoms with van der Waals surface area (Å²) in [5, 5.41) is 12.1. The topological polar surface area (TPSA) is 114 Å². The highest BCUT2D eigenvalue weighted by Crippen LogP contribution is 2.41. The number of benzene rings is 1. The summed E-state index contributed by atoms with van der Waals surface area (Å²) >= 11 is 0. The number of piperazine rings is 1. The molecule has 9 nitrogen and oxygen atoms in total. The number of aromatic nitrogens is 2. The van der Waals surface area contributed by atoms with Gasteiger partial charge in [0.2, 0.25) is 5.91 Å². The number of hydrogen-bond acceptors (Lipinski definition) is 7. The average Bonchev–Trinajstić information content (AvgIpc) is 2.73. The van der Waals surface area contributed by atoms with Crippen molar-refractivity contribution in [3.63, 3.8) is 0 Å². The summed E-state index contributed by atoms with van der Waals surface area (Å²) in [6, 6.07) is 9.47. The second kappa shape index (κ2) is 8.27. The number of primary amides is 1. The fourth-order valence-electron chi connectivity index (χ4n) is 4.24. The lowest BCUT2D eigenvalue weighted by Gasteiger charge is -2.38. The molecule has 0 spiro atoms. The number of carbonyl (C=O) groups is 2. The van der Waals surface area contributed by atoms with E-state index in [0.29, 0.717) is 12.1 Å². The minimum atomic E-state index is -0.833. The van der Waals surface area contributed by atoms with Crippen molar-refractivity contribution < 1.29 is 14.3 Å². The fourth-order valence-corrected chi connectivity index (χ4v) is 4.24. The molecule has 2 amide bonds. The Morgan fingerprint density at radius 2 is 1.93 bits per heavy atom. The maximum Gasteiger partial charge on any atom is 0.405 e. The molecule has 0 saturated carbocycles. The lowest BCUT2D eigenvalue weighted by atomic mass is 9.91. The molecule has 9 heteroatoms. The van der Waals surface area contributed by atoms with Gasteiger partial charge in [0.15, 0.2) is 5.82 Å². The van der Waals surface area contributed by atoms with Crippen LogP contribution >= 0.6 is 0 Å². The van der Waals surface area contributed by atoms with E-state index < -0.39 is 12.2 Å². The first-order valence-electron chi connectivity index (χ1n) is 10.1. The van der Waals surface area contributed by atoms with Crippen LogP contribution in [-0.4, -0.2) is 54.4 Å². The quantitative estimate of drug-likeness (QED) is 0.793. The number of ether oxygens (including phenoxy) is 1. The average molecular weight is 410 g/mol. The van der Waals surface area contributed by atoms with Crippen LogP contribution in [0, 0.1) is 0 Å². The van der Waals surface area contributed by atoms with Crippen LogP contribution in [0.4, 0.5) is 16.3 Å². The third-order valence-corrected chi connectivity index (χ3v) is 5.61. The molecular formula is C21H26N6O3. The molecule has 1 fully saturated rings. The van der Waals surface area contributed by atoms with E-state index >= 15 is 0 Å². The third-order valence-electron chi connectivity index (χ3n) is 5.61. The van der Waals surface area contributed by atoms with Gasteiger partial charge in [0, 0.05) is 56.7 Å². The minimum Gasteiger partial charge on any atom is -0.441 e. The minimum absolute atomic E-state index is 0.0609. The second-order valence-electron chi connectivity index (χ2n) is 7.69. The highest BCUT2D eigenvalue weighted by molar-refractivity contribution is 5.94. The van der Waals surface area contributed by atoms with Crippen molar-refractivity contribution in [2.45, 2.75) is 32.4 Å².